The van der Waals surface area contributed by atoms with Crippen LogP contribution in [0.25, 0.3) is 0 Å². The third kappa shape index (κ3) is 4.85. The van der Waals surface area contributed by atoms with Crippen molar-refractivity contribution in [3.8, 4) is 0 Å². The van der Waals surface area contributed by atoms with Crippen molar-refractivity contribution in [2.45, 2.75) is 18.0 Å². The number of sulfonamides is 1. The lowest BCUT2D eigenvalue weighted by Crippen LogP contribution is -2.36. The van der Waals surface area contributed by atoms with E-state index in [-0.39, 0.29) is 11.4 Å². The molecule has 1 N–H and O–H groups in total. The number of ether oxygens (including phenoxy) is 1. The molecule has 0 bridgehead atoms. The molecule has 0 spiro atoms. The summed E-state index contributed by atoms with van der Waals surface area (Å²) in [4.78, 5) is 2.34. The monoisotopic (exact) mass is 364 g/mol. The highest BCUT2D eigenvalue weighted by Crippen LogP contribution is 2.15. The van der Waals surface area contributed by atoms with Gasteiger partial charge in [-0.3, -0.25) is 4.90 Å². The Hall–Kier alpha value is -1.80. The molecule has 0 atom stereocenters. The Labute approximate surface area is 147 Å². The van der Waals surface area contributed by atoms with Gasteiger partial charge in [-0.1, -0.05) is 24.3 Å². The first-order valence-corrected chi connectivity index (χ1v) is 9.65. The predicted molar refractivity (Wildman–Crippen MR) is 93.0 cm³/mol. The van der Waals surface area contributed by atoms with Crippen LogP contribution in [0.1, 0.15) is 11.1 Å². The molecule has 1 saturated heterocycles. The molecule has 7 heteroatoms. The fourth-order valence-electron chi connectivity index (χ4n) is 2.75. The zero-order valence-corrected chi connectivity index (χ0v) is 14.6. The lowest BCUT2D eigenvalue weighted by atomic mass is 10.1. The van der Waals surface area contributed by atoms with Crippen LogP contribution in [-0.2, 0) is 27.8 Å². The van der Waals surface area contributed by atoms with Gasteiger partial charge in [-0.25, -0.2) is 17.5 Å². The van der Waals surface area contributed by atoms with Gasteiger partial charge in [-0.15, -0.1) is 0 Å². The minimum Gasteiger partial charge on any atom is -0.379 e. The van der Waals surface area contributed by atoms with Crippen molar-refractivity contribution >= 4 is 10.0 Å². The van der Waals surface area contributed by atoms with Crippen molar-refractivity contribution in [1.29, 1.82) is 0 Å². The fourth-order valence-corrected chi connectivity index (χ4v) is 3.76. The number of rotatable bonds is 6. The van der Waals surface area contributed by atoms with E-state index in [0.717, 1.165) is 56.1 Å². The first-order chi connectivity index (χ1) is 12.0. The molecule has 0 aromatic heterocycles. The SMILES string of the molecule is O=S(=O)(NCc1ccccc1CN1CCOCC1)c1ccc(F)cc1. The van der Waals surface area contributed by atoms with Gasteiger partial charge in [0.05, 0.1) is 18.1 Å². The molecule has 2 aromatic rings. The fraction of sp³-hybridized carbons (Fsp3) is 0.333. The third-order valence-electron chi connectivity index (χ3n) is 4.19. The van der Waals surface area contributed by atoms with Crippen molar-refractivity contribution in [2.75, 3.05) is 26.3 Å². The van der Waals surface area contributed by atoms with Crippen molar-refractivity contribution in [3.05, 3.63) is 65.5 Å². The van der Waals surface area contributed by atoms with Gasteiger partial charge in [0.15, 0.2) is 0 Å². The van der Waals surface area contributed by atoms with Gasteiger partial charge in [0.1, 0.15) is 5.82 Å². The Kier molecular flexibility index (Phi) is 5.80. The van der Waals surface area contributed by atoms with E-state index in [2.05, 4.69) is 9.62 Å². The van der Waals surface area contributed by atoms with Crippen LogP contribution in [0.5, 0.6) is 0 Å². The molecule has 0 aliphatic carbocycles. The summed E-state index contributed by atoms with van der Waals surface area (Å²) >= 11 is 0. The van der Waals surface area contributed by atoms with E-state index >= 15 is 0 Å². The zero-order chi connectivity index (χ0) is 17.7. The summed E-state index contributed by atoms with van der Waals surface area (Å²) in [5.41, 5.74) is 2.02. The van der Waals surface area contributed by atoms with E-state index in [1.807, 2.05) is 24.3 Å². The second-order valence-electron chi connectivity index (χ2n) is 5.94. The molecule has 1 aliphatic heterocycles. The third-order valence-corrected chi connectivity index (χ3v) is 5.61. The predicted octanol–water partition coefficient (Wildman–Crippen LogP) is 2.14. The number of halogens is 1. The molecular formula is C18H21FN2O3S. The molecule has 0 amide bonds. The summed E-state index contributed by atoms with van der Waals surface area (Å²) in [5.74, 6) is -0.463. The highest BCUT2D eigenvalue weighted by molar-refractivity contribution is 7.89. The van der Waals surface area contributed by atoms with Crippen LogP contribution in [0.15, 0.2) is 53.4 Å². The second-order valence-corrected chi connectivity index (χ2v) is 7.70. The summed E-state index contributed by atoms with van der Waals surface area (Å²) in [6.07, 6.45) is 0. The lowest BCUT2D eigenvalue weighted by Gasteiger charge is -2.27. The molecule has 1 heterocycles. The number of nitrogens with zero attached hydrogens (tertiary/aromatic N) is 1. The largest absolute Gasteiger partial charge is 0.379 e. The van der Waals surface area contributed by atoms with Gasteiger partial charge in [0.2, 0.25) is 10.0 Å². The topological polar surface area (TPSA) is 58.6 Å². The standard InChI is InChI=1S/C18H21FN2O3S/c19-17-5-7-18(8-6-17)25(22,23)20-13-15-3-1-2-4-16(15)14-21-9-11-24-12-10-21/h1-8,20H,9-14H2. The van der Waals surface area contributed by atoms with E-state index in [1.165, 1.54) is 12.1 Å². The summed E-state index contributed by atoms with van der Waals surface area (Å²) in [6, 6.07) is 12.6. The highest BCUT2D eigenvalue weighted by atomic mass is 32.2. The first kappa shape index (κ1) is 18.0. The first-order valence-electron chi connectivity index (χ1n) is 8.17. The van der Waals surface area contributed by atoms with Crippen molar-refractivity contribution in [2.24, 2.45) is 0 Å². The molecule has 0 unspecified atom stereocenters. The highest BCUT2D eigenvalue weighted by Gasteiger charge is 2.16. The summed E-state index contributed by atoms with van der Waals surface area (Å²) < 4.78 is 45.6. The maximum absolute atomic E-state index is 13.0. The van der Waals surface area contributed by atoms with Crippen molar-refractivity contribution < 1.29 is 17.5 Å². The Morgan fingerprint density at radius 2 is 1.64 bits per heavy atom. The molecule has 5 nitrogen and oxygen atoms in total. The van der Waals surface area contributed by atoms with Gasteiger partial charge in [0, 0.05) is 26.2 Å². The second kappa shape index (κ2) is 8.05. The van der Waals surface area contributed by atoms with E-state index < -0.39 is 15.8 Å². The normalized spacial score (nSPS) is 16.0. The average Bonchev–Trinajstić information content (AvgIpc) is 2.62. The van der Waals surface area contributed by atoms with E-state index in [4.69, 9.17) is 4.74 Å². The maximum Gasteiger partial charge on any atom is 0.240 e. The Balaban J connectivity index is 1.69. The van der Waals surface area contributed by atoms with Crippen LogP contribution >= 0.6 is 0 Å². The Morgan fingerprint density at radius 3 is 2.32 bits per heavy atom. The number of hydrogen-bond acceptors (Lipinski definition) is 4. The summed E-state index contributed by atoms with van der Waals surface area (Å²) in [7, 11) is -3.68. The van der Waals surface area contributed by atoms with Crippen LogP contribution in [0.4, 0.5) is 4.39 Å². The van der Waals surface area contributed by atoms with Crippen LogP contribution in [0, 0.1) is 5.82 Å². The average molecular weight is 364 g/mol. The molecule has 3 rings (SSSR count). The van der Waals surface area contributed by atoms with E-state index in [1.54, 1.807) is 0 Å². The van der Waals surface area contributed by atoms with Gasteiger partial charge >= 0.3 is 0 Å². The molecule has 134 valence electrons. The number of benzene rings is 2. The number of hydrogen-bond donors (Lipinski definition) is 1. The van der Waals surface area contributed by atoms with Crippen molar-refractivity contribution in [3.63, 3.8) is 0 Å². The van der Waals surface area contributed by atoms with Crippen LogP contribution in [-0.4, -0.2) is 39.6 Å². The van der Waals surface area contributed by atoms with E-state index in [9.17, 15) is 12.8 Å². The zero-order valence-electron chi connectivity index (χ0n) is 13.8. The summed E-state index contributed by atoms with van der Waals surface area (Å²) in [6.45, 7) is 4.14. The summed E-state index contributed by atoms with van der Waals surface area (Å²) in [5, 5.41) is 0. The number of morpholine rings is 1. The molecule has 0 radical (unpaired) electrons. The van der Waals surface area contributed by atoms with Gasteiger partial charge < -0.3 is 4.74 Å². The van der Waals surface area contributed by atoms with Gasteiger partial charge in [-0.2, -0.15) is 0 Å². The number of nitrogens with one attached hydrogen (secondary N) is 1. The molecule has 1 fully saturated rings. The molecule has 0 saturated carbocycles. The van der Waals surface area contributed by atoms with Crippen LogP contribution in [0.2, 0.25) is 0 Å². The van der Waals surface area contributed by atoms with Crippen molar-refractivity contribution in [1.82, 2.24) is 9.62 Å². The Morgan fingerprint density at radius 1 is 1.00 bits per heavy atom. The molecule has 1 aliphatic rings. The molecule has 25 heavy (non-hydrogen) atoms. The molecular weight excluding hydrogens is 343 g/mol. The molecule has 2 aromatic carbocycles. The van der Waals surface area contributed by atoms with Gasteiger partial charge in [0.25, 0.3) is 0 Å². The van der Waals surface area contributed by atoms with Crippen LogP contribution < -0.4 is 4.72 Å². The maximum atomic E-state index is 13.0. The minimum absolute atomic E-state index is 0.0551. The lowest BCUT2D eigenvalue weighted by molar-refractivity contribution is 0.0341. The smallest absolute Gasteiger partial charge is 0.240 e. The minimum atomic E-state index is -3.68. The Bertz CT molecular complexity index is 803. The van der Waals surface area contributed by atoms with Gasteiger partial charge in [-0.05, 0) is 35.4 Å². The van der Waals surface area contributed by atoms with Crippen LogP contribution in [0.3, 0.4) is 0 Å². The quantitative estimate of drug-likeness (QED) is 0.853. The van der Waals surface area contributed by atoms with E-state index in [0.29, 0.717) is 0 Å².